The van der Waals surface area contributed by atoms with Gasteiger partial charge in [0.05, 0.1) is 4.92 Å². The van der Waals surface area contributed by atoms with Gasteiger partial charge >= 0.3 is 0 Å². The monoisotopic (exact) mass is 188 g/mol. The van der Waals surface area contributed by atoms with Gasteiger partial charge in [0.15, 0.2) is 0 Å². The molecule has 1 aromatic rings. The Labute approximate surface area is 72.7 Å². The van der Waals surface area contributed by atoms with Crippen LogP contribution < -0.4 is 5.48 Å². The van der Waals surface area contributed by atoms with Crippen LogP contribution in [0.4, 0.5) is 11.4 Å². The molecule has 0 atom stereocenters. The molecule has 0 aliphatic rings. The minimum Gasteiger partial charge on any atom is -0.291 e. The van der Waals surface area contributed by atoms with Gasteiger partial charge in [-0.15, -0.1) is 0 Å². The third-order valence-corrected chi connectivity index (χ3v) is 1.51. The van der Waals surface area contributed by atoms with Crippen LogP contribution in [0.1, 0.15) is 0 Å². The molecule has 5 nitrogen and oxygen atoms in total. The van der Waals surface area contributed by atoms with E-state index in [0.717, 1.165) is 6.07 Å². The van der Waals surface area contributed by atoms with Gasteiger partial charge in [-0.2, -0.15) is 0 Å². The smallest absolute Gasteiger partial charge is 0.291 e. The summed E-state index contributed by atoms with van der Waals surface area (Å²) in [6, 6.07) is 3.91. The number of hydrogen-bond donors (Lipinski definition) is 2. The third kappa shape index (κ3) is 1.63. The molecule has 0 bridgehead atoms. The zero-order valence-corrected chi connectivity index (χ0v) is 6.58. The molecule has 0 amide bonds. The Morgan fingerprint density at radius 1 is 1.58 bits per heavy atom. The fraction of sp³-hybridized carbons (Fsp3) is 0. The van der Waals surface area contributed by atoms with E-state index in [4.69, 9.17) is 16.8 Å². The van der Waals surface area contributed by atoms with Gasteiger partial charge in [0.2, 0.25) is 0 Å². The largest absolute Gasteiger partial charge is 0.296 e. The minimum atomic E-state index is -0.634. The summed E-state index contributed by atoms with van der Waals surface area (Å²) >= 11 is 5.50. The number of hydrogen-bond acceptors (Lipinski definition) is 4. The molecule has 0 fully saturated rings. The highest BCUT2D eigenvalue weighted by molar-refractivity contribution is 6.30. The standard InChI is InChI=1S/C6H5ClN2O3/c7-4-1-2-5(8-10)6(3-4)9(11)12/h1-3,8,10H. The molecular formula is C6H5ClN2O3. The van der Waals surface area contributed by atoms with Crippen LogP contribution in [0.25, 0.3) is 0 Å². The maximum absolute atomic E-state index is 10.3. The minimum absolute atomic E-state index is 0.0180. The first-order valence-electron chi connectivity index (χ1n) is 2.99. The van der Waals surface area contributed by atoms with Crippen LogP contribution in [-0.4, -0.2) is 10.1 Å². The lowest BCUT2D eigenvalue weighted by Crippen LogP contribution is -1.96. The van der Waals surface area contributed by atoms with Gasteiger partial charge in [0, 0.05) is 11.1 Å². The van der Waals surface area contributed by atoms with Crippen molar-refractivity contribution in [1.82, 2.24) is 0 Å². The first kappa shape index (κ1) is 8.76. The van der Waals surface area contributed by atoms with Crippen molar-refractivity contribution in [2.45, 2.75) is 0 Å². The van der Waals surface area contributed by atoms with Crippen molar-refractivity contribution in [3.63, 3.8) is 0 Å². The molecule has 0 spiro atoms. The molecule has 0 aliphatic carbocycles. The van der Waals surface area contributed by atoms with Gasteiger partial charge in [-0.3, -0.25) is 20.8 Å². The third-order valence-electron chi connectivity index (χ3n) is 1.28. The first-order valence-corrected chi connectivity index (χ1v) is 3.37. The fourth-order valence-electron chi connectivity index (χ4n) is 0.750. The van der Waals surface area contributed by atoms with Crippen molar-refractivity contribution in [2.75, 3.05) is 5.48 Å². The van der Waals surface area contributed by atoms with E-state index in [9.17, 15) is 10.1 Å². The van der Waals surface area contributed by atoms with Crippen molar-refractivity contribution in [3.05, 3.63) is 33.3 Å². The van der Waals surface area contributed by atoms with E-state index in [1.807, 2.05) is 0 Å². The summed E-state index contributed by atoms with van der Waals surface area (Å²) in [4.78, 5) is 9.69. The Morgan fingerprint density at radius 3 is 2.75 bits per heavy atom. The predicted octanol–water partition coefficient (Wildman–Crippen LogP) is 2.05. The number of anilines is 1. The quantitative estimate of drug-likeness (QED) is 0.550. The summed E-state index contributed by atoms with van der Waals surface area (Å²) in [6.07, 6.45) is 0. The van der Waals surface area contributed by atoms with Gasteiger partial charge in [-0.05, 0) is 12.1 Å². The molecule has 12 heavy (non-hydrogen) atoms. The van der Waals surface area contributed by atoms with Crippen LogP contribution >= 0.6 is 11.6 Å². The highest BCUT2D eigenvalue weighted by atomic mass is 35.5. The second-order valence-electron chi connectivity index (χ2n) is 2.03. The van der Waals surface area contributed by atoms with E-state index >= 15 is 0 Å². The molecule has 0 saturated carbocycles. The van der Waals surface area contributed by atoms with Gasteiger partial charge in [-0.25, -0.2) is 0 Å². The van der Waals surface area contributed by atoms with E-state index in [-0.39, 0.29) is 16.4 Å². The number of rotatable bonds is 2. The zero-order chi connectivity index (χ0) is 9.14. The molecule has 1 aromatic carbocycles. The Morgan fingerprint density at radius 2 is 2.25 bits per heavy atom. The Kier molecular flexibility index (Phi) is 2.47. The van der Waals surface area contributed by atoms with Crippen LogP contribution in [0.3, 0.4) is 0 Å². The van der Waals surface area contributed by atoms with E-state index in [1.165, 1.54) is 12.1 Å². The lowest BCUT2D eigenvalue weighted by molar-refractivity contribution is -0.384. The summed E-state index contributed by atoms with van der Waals surface area (Å²) in [5.41, 5.74) is 1.46. The zero-order valence-electron chi connectivity index (χ0n) is 5.82. The number of nitro groups is 1. The molecule has 0 heterocycles. The summed E-state index contributed by atoms with van der Waals surface area (Å²) in [5, 5.41) is 19.0. The molecule has 0 aromatic heterocycles. The molecule has 64 valence electrons. The number of nitro benzene ring substituents is 1. The summed E-state index contributed by atoms with van der Waals surface area (Å²) in [7, 11) is 0. The van der Waals surface area contributed by atoms with Gasteiger partial charge in [0.1, 0.15) is 5.69 Å². The van der Waals surface area contributed by atoms with Crippen LogP contribution in [0, 0.1) is 10.1 Å². The molecule has 0 radical (unpaired) electrons. The number of nitrogens with zero attached hydrogens (tertiary/aromatic N) is 1. The number of nitrogens with one attached hydrogen (secondary N) is 1. The molecule has 1 rings (SSSR count). The molecule has 0 aliphatic heterocycles. The lowest BCUT2D eigenvalue weighted by atomic mass is 10.3. The van der Waals surface area contributed by atoms with Crippen LogP contribution in [0.15, 0.2) is 18.2 Å². The van der Waals surface area contributed by atoms with Crippen molar-refractivity contribution >= 4 is 23.0 Å². The van der Waals surface area contributed by atoms with E-state index < -0.39 is 4.92 Å². The Bertz CT molecular complexity index is 316. The Balaban J connectivity index is 3.21. The average Bonchev–Trinajstić information content (AvgIpc) is 2.04. The SMILES string of the molecule is O=[N+]([O-])c1cc(Cl)ccc1NO. The molecule has 6 heteroatoms. The predicted molar refractivity (Wildman–Crippen MR) is 43.5 cm³/mol. The number of halogens is 1. The first-order chi connectivity index (χ1) is 5.65. The second-order valence-corrected chi connectivity index (χ2v) is 2.47. The molecule has 2 N–H and O–H groups in total. The molecular weight excluding hydrogens is 184 g/mol. The van der Waals surface area contributed by atoms with E-state index in [2.05, 4.69) is 0 Å². The van der Waals surface area contributed by atoms with Crippen molar-refractivity contribution in [2.24, 2.45) is 0 Å². The summed E-state index contributed by atoms with van der Waals surface area (Å²) < 4.78 is 0. The van der Waals surface area contributed by atoms with Gasteiger partial charge < -0.3 is 0 Å². The van der Waals surface area contributed by atoms with Crippen molar-refractivity contribution in [3.8, 4) is 0 Å². The molecule has 0 saturated heterocycles. The molecule has 0 unspecified atom stereocenters. The lowest BCUT2D eigenvalue weighted by Gasteiger charge is -1.99. The highest BCUT2D eigenvalue weighted by Crippen LogP contribution is 2.26. The van der Waals surface area contributed by atoms with E-state index in [0.29, 0.717) is 0 Å². The fourth-order valence-corrected chi connectivity index (χ4v) is 0.917. The summed E-state index contributed by atoms with van der Waals surface area (Å²) in [6.45, 7) is 0. The summed E-state index contributed by atoms with van der Waals surface area (Å²) in [5.74, 6) is 0. The van der Waals surface area contributed by atoms with Crippen LogP contribution in [0.5, 0.6) is 0 Å². The van der Waals surface area contributed by atoms with Crippen LogP contribution in [0.2, 0.25) is 5.02 Å². The second kappa shape index (κ2) is 3.38. The number of benzene rings is 1. The van der Waals surface area contributed by atoms with Gasteiger partial charge in [-0.1, -0.05) is 11.6 Å². The van der Waals surface area contributed by atoms with Crippen molar-refractivity contribution in [1.29, 1.82) is 0 Å². The average molecular weight is 189 g/mol. The highest BCUT2D eigenvalue weighted by Gasteiger charge is 2.12. The normalized spacial score (nSPS) is 9.50. The topological polar surface area (TPSA) is 75.4 Å². The maximum Gasteiger partial charge on any atom is 0.296 e. The van der Waals surface area contributed by atoms with Crippen LogP contribution in [-0.2, 0) is 0 Å². The Hall–Kier alpha value is -1.33. The maximum atomic E-state index is 10.3. The van der Waals surface area contributed by atoms with E-state index in [1.54, 1.807) is 5.48 Å². The van der Waals surface area contributed by atoms with Crippen molar-refractivity contribution < 1.29 is 10.1 Å². The van der Waals surface area contributed by atoms with Gasteiger partial charge in [0.25, 0.3) is 5.69 Å².